The van der Waals surface area contributed by atoms with E-state index in [4.69, 9.17) is 9.84 Å². The molecule has 0 aliphatic heterocycles. The van der Waals surface area contributed by atoms with Crippen molar-refractivity contribution in [2.45, 2.75) is 95.7 Å². The third-order valence-electron chi connectivity index (χ3n) is 8.18. The number of nitrogens with zero attached hydrogens (tertiary/aromatic N) is 2. The number of rotatable bonds is 5. The zero-order valence-electron chi connectivity index (χ0n) is 18.5. The van der Waals surface area contributed by atoms with Crippen LogP contribution in [-0.2, 0) is 16.0 Å². The minimum Gasteiger partial charge on any atom is -0.466 e. The van der Waals surface area contributed by atoms with Gasteiger partial charge in [-0.15, -0.1) is 0 Å². The van der Waals surface area contributed by atoms with Crippen molar-refractivity contribution < 1.29 is 19.4 Å². The predicted molar refractivity (Wildman–Crippen MR) is 114 cm³/mol. The first-order chi connectivity index (χ1) is 15.1. The van der Waals surface area contributed by atoms with E-state index in [1.54, 1.807) is 0 Å². The van der Waals surface area contributed by atoms with Crippen molar-refractivity contribution in [1.29, 1.82) is 0 Å². The van der Waals surface area contributed by atoms with Gasteiger partial charge in [-0.2, -0.15) is 5.10 Å². The van der Waals surface area contributed by atoms with Crippen LogP contribution in [0.5, 0.6) is 0 Å². The molecule has 5 rings (SSSR count). The van der Waals surface area contributed by atoms with Gasteiger partial charge < -0.3 is 15.2 Å². The van der Waals surface area contributed by atoms with Crippen LogP contribution in [0.3, 0.4) is 0 Å². The number of aliphatic hydroxyl groups is 1. The number of aliphatic hydroxyl groups excluding tert-OH is 1. The molecule has 7 nitrogen and oxygen atoms in total. The molecule has 4 aliphatic carbocycles. The summed E-state index contributed by atoms with van der Waals surface area (Å²) >= 11 is 0. The van der Waals surface area contributed by atoms with Crippen LogP contribution in [0.2, 0.25) is 0 Å². The maximum atomic E-state index is 13.5. The Morgan fingerprint density at radius 1 is 1.10 bits per heavy atom. The summed E-state index contributed by atoms with van der Waals surface area (Å²) < 4.78 is 7.32. The van der Waals surface area contributed by atoms with Gasteiger partial charge >= 0.3 is 5.97 Å². The SMILES string of the molecule is CCOC(=O)[C@H]1C2CCC(C2)[C@H]1NC(=O)c1nn(C2CCCCC2)c2c1CCCC2O. The fourth-order valence-corrected chi connectivity index (χ4v) is 6.77. The van der Waals surface area contributed by atoms with Gasteiger partial charge in [0.15, 0.2) is 5.69 Å². The first-order valence-electron chi connectivity index (χ1n) is 12.3. The molecule has 31 heavy (non-hydrogen) atoms. The van der Waals surface area contributed by atoms with Crippen LogP contribution in [0.1, 0.15) is 105 Å². The van der Waals surface area contributed by atoms with Crippen LogP contribution in [-0.4, -0.2) is 39.4 Å². The molecular weight excluding hydrogens is 394 g/mol. The molecule has 3 saturated carbocycles. The maximum Gasteiger partial charge on any atom is 0.311 e. The van der Waals surface area contributed by atoms with Crippen LogP contribution < -0.4 is 5.32 Å². The quantitative estimate of drug-likeness (QED) is 0.699. The van der Waals surface area contributed by atoms with E-state index in [1.807, 2.05) is 11.6 Å². The van der Waals surface area contributed by atoms with E-state index in [0.29, 0.717) is 24.1 Å². The molecule has 7 heteroatoms. The third-order valence-corrected chi connectivity index (χ3v) is 8.18. The zero-order chi connectivity index (χ0) is 21.5. The molecular formula is C24H35N3O4. The van der Waals surface area contributed by atoms with Gasteiger partial charge in [0.1, 0.15) is 0 Å². The van der Waals surface area contributed by atoms with E-state index in [-0.39, 0.29) is 29.9 Å². The van der Waals surface area contributed by atoms with Gasteiger partial charge in [0, 0.05) is 11.6 Å². The molecule has 0 radical (unpaired) electrons. The van der Waals surface area contributed by atoms with Crippen LogP contribution in [0.4, 0.5) is 0 Å². The number of amides is 1. The van der Waals surface area contributed by atoms with Crippen LogP contribution in [0.15, 0.2) is 0 Å². The molecule has 0 saturated heterocycles. The van der Waals surface area contributed by atoms with Crippen LogP contribution in [0.25, 0.3) is 0 Å². The van der Waals surface area contributed by atoms with E-state index in [2.05, 4.69) is 5.32 Å². The molecule has 3 fully saturated rings. The third kappa shape index (κ3) is 3.69. The minimum absolute atomic E-state index is 0.172. The molecule has 4 aliphatic rings. The highest BCUT2D eigenvalue weighted by Crippen LogP contribution is 2.49. The van der Waals surface area contributed by atoms with Crippen molar-refractivity contribution in [2.24, 2.45) is 17.8 Å². The van der Waals surface area contributed by atoms with Gasteiger partial charge in [-0.05, 0) is 70.1 Å². The molecule has 1 aromatic rings. The van der Waals surface area contributed by atoms with Gasteiger partial charge in [-0.1, -0.05) is 19.3 Å². The first kappa shape index (κ1) is 21.0. The average Bonchev–Trinajstić information content (AvgIpc) is 3.48. The number of nitrogens with one attached hydrogen (secondary N) is 1. The summed E-state index contributed by atoms with van der Waals surface area (Å²) in [5.41, 5.74) is 2.24. The highest BCUT2D eigenvalue weighted by Gasteiger charge is 2.52. The van der Waals surface area contributed by atoms with Crippen molar-refractivity contribution >= 4 is 11.9 Å². The van der Waals surface area contributed by atoms with Gasteiger partial charge in [-0.3, -0.25) is 14.3 Å². The molecule has 1 heterocycles. The second-order valence-electron chi connectivity index (χ2n) is 9.97. The Morgan fingerprint density at radius 2 is 1.87 bits per heavy atom. The molecule has 3 unspecified atom stereocenters. The summed E-state index contributed by atoms with van der Waals surface area (Å²) in [5.74, 6) is 0.0385. The van der Waals surface area contributed by atoms with Crippen molar-refractivity contribution in [3.8, 4) is 0 Å². The smallest absolute Gasteiger partial charge is 0.311 e. The number of carbonyl (C=O) groups excluding carboxylic acids is 2. The largest absolute Gasteiger partial charge is 0.466 e. The van der Waals surface area contributed by atoms with Crippen molar-refractivity contribution in [2.75, 3.05) is 6.61 Å². The lowest BCUT2D eigenvalue weighted by Gasteiger charge is -2.30. The second-order valence-corrected chi connectivity index (χ2v) is 9.97. The van der Waals surface area contributed by atoms with Gasteiger partial charge in [-0.25, -0.2) is 0 Å². The highest BCUT2D eigenvalue weighted by atomic mass is 16.5. The topological polar surface area (TPSA) is 93.5 Å². The fraction of sp³-hybridized carbons (Fsp3) is 0.792. The summed E-state index contributed by atoms with van der Waals surface area (Å²) in [6.07, 6.45) is 10.6. The molecule has 170 valence electrons. The predicted octanol–water partition coefficient (Wildman–Crippen LogP) is 3.47. The molecule has 0 aromatic carbocycles. The van der Waals surface area contributed by atoms with E-state index in [1.165, 1.54) is 19.3 Å². The lowest BCUT2D eigenvalue weighted by molar-refractivity contribution is -0.150. The number of carbonyl (C=O) groups is 2. The van der Waals surface area contributed by atoms with E-state index >= 15 is 0 Å². The minimum atomic E-state index is -0.547. The Balaban J connectivity index is 1.42. The molecule has 1 amide bonds. The van der Waals surface area contributed by atoms with Gasteiger partial charge in [0.05, 0.1) is 30.4 Å². The second kappa shape index (κ2) is 8.57. The highest BCUT2D eigenvalue weighted by molar-refractivity contribution is 5.95. The monoisotopic (exact) mass is 429 g/mol. The summed E-state index contributed by atoms with van der Waals surface area (Å²) in [6.45, 7) is 2.19. The molecule has 2 bridgehead atoms. The van der Waals surface area contributed by atoms with Crippen LogP contribution in [0, 0.1) is 17.8 Å². The molecule has 2 N–H and O–H groups in total. The van der Waals surface area contributed by atoms with Crippen molar-refractivity contribution in [1.82, 2.24) is 15.1 Å². The number of aromatic nitrogens is 2. The maximum absolute atomic E-state index is 13.5. The average molecular weight is 430 g/mol. The summed E-state index contributed by atoms with van der Waals surface area (Å²) in [7, 11) is 0. The number of hydrogen-bond acceptors (Lipinski definition) is 5. The lowest BCUT2D eigenvalue weighted by atomic mass is 9.84. The zero-order valence-corrected chi connectivity index (χ0v) is 18.5. The lowest BCUT2D eigenvalue weighted by Crippen LogP contribution is -2.47. The van der Waals surface area contributed by atoms with E-state index in [9.17, 15) is 14.7 Å². The van der Waals surface area contributed by atoms with E-state index < -0.39 is 6.10 Å². The van der Waals surface area contributed by atoms with Crippen LogP contribution >= 0.6 is 0 Å². The summed E-state index contributed by atoms with van der Waals surface area (Å²) in [6, 6.07) is 0.0980. The summed E-state index contributed by atoms with van der Waals surface area (Å²) in [4.78, 5) is 26.1. The van der Waals surface area contributed by atoms with Gasteiger partial charge in [0.25, 0.3) is 5.91 Å². The van der Waals surface area contributed by atoms with Crippen molar-refractivity contribution in [3.63, 3.8) is 0 Å². The molecule has 1 aromatic heterocycles. The molecule has 5 atom stereocenters. The number of ether oxygens (including phenoxy) is 1. The Kier molecular flexibility index (Phi) is 5.80. The number of fused-ring (bicyclic) bond motifs is 3. The van der Waals surface area contributed by atoms with E-state index in [0.717, 1.165) is 62.6 Å². The van der Waals surface area contributed by atoms with Gasteiger partial charge in [0.2, 0.25) is 0 Å². The van der Waals surface area contributed by atoms with Crippen molar-refractivity contribution in [3.05, 3.63) is 17.0 Å². The Hall–Kier alpha value is -1.89. The Morgan fingerprint density at radius 3 is 2.65 bits per heavy atom. The normalized spacial score (nSPS) is 32.6. The fourth-order valence-electron chi connectivity index (χ4n) is 6.77. The molecule has 0 spiro atoms. The Bertz CT molecular complexity index is 844. The summed E-state index contributed by atoms with van der Waals surface area (Å²) in [5, 5.41) is 18.8. The first-order valence-corrected chi connectivity index (χ1v) is 12.3. The Labute approximate surface area is 183 Å². The number of hydrogen-bond donors (Lipinski definition) is 2. The standard InChI is InChI=1S/C24H35N3O4/c1-2-31-24(30)19-14-11-12-15(13-14)20(19)25-23(29)21-17-9-6-10-18(28)22(17)27(26-21)16-7-4-3-5-8-16/h14-16,18-20,28H,2-13H2,1H3,(H,25,29)/t14?,15?,18?,19-,20+/m0/s1. The number of esters is 1.